The number of anilines is 1. The summed E-state index contributed by atoms with van der Waals surface area (Å²) in [4.78, 5) is 12.3. The van der Waals surface area contributed by atoms with E-state index < -0.39 is 17.6 Å². The van der Waals surface area contributed by atoms with Gasteiger partial charge in [0.05, 0.1) is 17.1 Å². The molecule has 0 bridgehead atoms. The first-order valence-electron chi connectivity index (χ1n) is 9.71. The maximum Gasteiger partial charge on any atom is 0.416 e. The summed E-state index contributed by atoms with van der Waals surface area (Å²) in [6.45, 7) is 4.23. The summed E-state index contributed by atoms with van der Waals surface area (Å²) in [5, 5.41) is 12.1. The van der Waals surface area contributed by atoms with E-state index in [2.05, 4.69) is 22.1 Å². The molecule has 0 saturated carbocycles. The van der Waals surface area contributed by atoms with Crippen LogP contribution in [0.4, 0.5) is 18.9 Å². The fourth-order valence-corrected chi connectivity index (χ4v) is 4.61. The van der Waals surface area contributed by atoms with Gasteiger partial charge in [0.1, 0.15) is 5.82 Å². The van der Waals surface area contributed by atoms with E-state index in [9.17, 15) is 18.0 Å². The van der Waals surface area contributed by atoms with Crippen LogP contribution in [-0.2, 0) is 29.0 Å². The lowest BCUT2D eigenvalue weighted by atomic mass is 10.2. The largest absolute Gasteiger partial charge is 0.416 e. The molecule has 3 rings (SSSR count). The summed E-state index contributed by atoms with van der Waals surface area (Å²) in [6, 6.07) is 12.1. The number of allylic oxidation sites excluding steroid dienone is 1. The van der Waals surface area contributed by atoms with Gasteiger partial charge in [-0.3, -0.25) is 4.79 Å². The number of carbonyl (C=O) groups is 1. The van der Waals surface area contributed by atoms with E-state index in [0.717, 1.165) is 41.0 Å². The Morgan fingerprint density at radius 1 is 1.15 bits per heavy atom. The molecule has 1 aromatic heterocycles. The molecule has 0 saturated heterocycles. The molecule has 0 spiro atoms. The number of hydrogen-bond donors (Lipinski definition) is 1. The van der Waals surface area contributed by atoms with Gasteiger partial charge < -0.3 is 9.88 Å². The van der Waals surface area contributed by atoms with Crippen molar-refractivity contribution in [2.45, 2.75) is 29.4 Å². The maximum absolute atomic E-state index is 12.8. The number of alkyl halides is 3. The van der Waals surface area contributed by atoms with Crippen molar-refractivity contribution >= 4 is 46.7 Å². The van der Waals surface area contributed by atoms with E-state index >= 15 is 0 Å². The summed E-state index contributed by atoms with van der Waals surface area (Å²) >= 11 is 8.74. The molecular formula is C22H20ClF3N4OS2. The summed E-state index contributed by atoms with van der Waals surface area (Å²) in [5.41, 5.74) is 0.404. The highest BCUT2D eigenvalue weighted by atomic mass is 35.5. The van der Waals surface area contributed by atoms with Crippen molar-refractivity contribution in [3.8, 4) is 0 Å². The molecule has 174 valence electrons. The third kappa shape index (κ3) is 7.55. The third-order valence-corrected chi connectivity index (χ3v) is 6.54. The number of hydrogen-bond acceptors (Lipinski definition) is 5. The van der Waals surface area contributed by atoms with Crippen LogP contribution in [0, 0.1) is 0 Å². The molecular weight excluding hydrogens is 493 g/mol. The fourth-order valence-electron chi connectivity index (χ4n) is 2.79. The lowest BCUT2D eigenvalue weighted by Gasteiger charge is -2.10. The first kappa shape index (κ1) is 25.2. The van der Waals surface area contributed by atoms with Gasteiger partial charge in [-0.2, -0.15) is 13.2 Å². The van der Waals surface area contributed by atoms with Gasteiger partial charge in [0, 0.05) is 23.0 Å². The second-order valence-corrected chi connectivity index (χ2v) is 9.20. The van der Waals surface area contributed by atoms with Gasteiger partial charge in [-0.25, -0.2) is 0 Å². The molecule has 0 radical (unpaired) electrons. The molecule has 0 aliphatic heterocycles. The first-order chi connectivity index (χ1) is 15.8. The highest BCUT2D eigenvalue weighted by Gasteiger charge is 2.30. The van der Waals surface area contributed by atoms with Crippen LogP contribution in [0.25, 0.3) is 0 Å². The van der Waals surface area contributed by atoms with Gasteiger partial charge in [0.25, 0.3) is 0 Å². The Morgan fingerprint density at radius 3 is 2.61 bits per heavy atom. The van der Waals surface area contributed by atoms with Crippen molar-refractivity contribution in [3.05, 3.63) is 83.2 Å². The van der Waals surface area contributed by atoms with Crippen LogP contribution >= 0.6 is 35.1 Å². The molecule has 1 heterocycles. The quantitative estimate of drug-likeness (QED) is 0.255. The van der Waals surface area contributed by atoms with E-state index in [-0.39, 0.29) is 11.4 Å². The number of nitrogens with zero attached hydrogens (tertiary/aromatic N) is 3. The minimum Gasteiger partial charge on any atom is -0.325 e. The van der Waals surface area contributed by atoms with Crippen LogP contribution in [0.5, 0.6) is 0 Å². The monoisotopic (exact) mass is 512 g/mol. The van der Waals surface area contributed by atoms with Crippen LogP contribution in [0.2, 0.25) is 5.02 Å². The van der Waals surface area contributed by atoms with E-state index in [1.54, 1.807) is 17.8 Å². The number of benzene rings is 2. The van der Waals surface area contributed by atoms with Crippen LogP contribution in [0.15, 0.2) is 66.3 Å². The van der Waals surface area contributed by atoms with E-state index in [1.807, 2.05) is 28.8 Å². The smallest absolute Gasteiger partial charge is 0.325 e. The van der Waals surface area contributed by atoms with Crippen LogP contribution in [0.3, 0.4) is 0 Å². The van der Waals surface area contributed by atoms with Gasteiger partial charge in [0.2, 0.25) is 5.91 Å². The lowest BCUT2D eigenvalue weighted by molar-refractivity contribution is -0.137. The molecule has 1 N–H and O–H groups in total. The Labute approximate surface area is 202 Å². The highest BCUT2D eigenvalue weighted by Crippen LogP contribution is 2.30. The second-order valence-electron chi connectivity index (χ2n) is 6.83. The van der Waals surface area contributed by atoms with Crippen molar-refractivity contribution in [1.82, 2.24) is 14.8 Å². The number of carbonyl (C=O) groups excluding carboxylic acids is 1. The SMILES string of the molecule is C=CCn1c(CSCc2ccc(Cl)cc2)nnc1SCC(=O)Nc1cccc(C(F)(F)F)c1. The average molecular weight is 513 g/mol. The van der Waals surface area contributed by atoms with E-state index in [1.165, 1.54) is 12.1 Å². The molecule has 33 heavy (non-hydrogen) atoms. The highest BCUT2D eigenvalue weighted by molar-refractivity contribution is 7.99. The fraction of sp³-hybridized carbons (Fsp3) is 0.227. The molecule has 0 aliphatic rings. The summed E-state index contributed by atoms with van der Waals surface area (Å²) in [6.07, 6.45) is -2.76. The third-order valence-electron chi connectivity index (χ3n) is 4.32. The Hall–Kier alpha value is -2.43. The number of amides is 1. The van der Waals surface area contributed by atoms with Gasteiger partial charge in [-0.1, -0.05) is 47.6 Å². The molecule has 0 atom stereocenters. The maximum atomic E-state index is 12.8. The molecule has 1 amide bonds. The molecule has 0 aliphatic carbocycles. The van der Waals surface area contributed by atoms with Crippen LogP contribution in [-0.4, -0.2) is 26.4 Å². The second kappa shape index (κ2) is 11.6. The Kier molecular flexibility index (Phi) is 8.87. The zero-order valence-corrected chi connectivity index (χ0v) is 19.7. The lowest BCUT2D eigenvalue weighted by Crippen LogP contribution is -2.15. The topological polar surface area (TPSA) is 59.8 Å². The summed E-state index contributed by atoms with van der Waals surface area (Å²) < 4.78 is 40.4. The number of thioether (sulfide) groups is 2. The number of aromatic nitrogens is 3. The minimum absolute atomic E-state index is 0.0244. The van der Waals surface area contributed by atoms with Crippen molar-refractivity contribution in [3.63, 3.8) is 0 Å². The predicted molar refractivity (Wildman–Crippen MR) is 127 cm³/mol. The molecule has 0 unspecified atom stereocenters. The van der Waals surface area contributed by atoms with Crippen molar-refractivity contribution in [2.75, 3.05) is 11.1 Å². The van der Waals surface area contributed by atoms with Crippen LogP contribution < -0.4 is 5.32 Å². The molecule has 11 heteroatoms. The van der Waals surface area contributed by atoms with E-state index in [4.69, 9.17) is 11.6 Å². The zero-order valence-electron chi connectivity index (χ0n) is 17.3. The van der Waals surface area contributed by atoms with Gasteiger partial charge >= 0.3 is 6.18 Å². The molecule has 5 nitrogen and oxygen atoms in total. The Balaban J connectivity index is 1.57. The van der Waals surface area contributed by atoms with E-state index in [0.29, 0.717) is 22.5 Å². The molecule has 3 aromatic rings. The van der Waals surface area contributed by atoms with Gasteiger partial charge in [0.15, 0.2) is 5.16 Å². The number of rotatable bonds is 10. The van der Waals surface area contributed by atoms with Crippen molar-refractivity contribution in [1.29, 1.82) is 0 Å². The summed E-state index contributed by atoms with van der Waals surface area (Å²) in [7, 11) is 0. The van der Waals surface area contributed by atoms with Crippen LogP contribution in [0.1, 0.15) is 17.0 Å². The van der Waals surface area contributed by atoms with Crippen molar-refractivity contribution < 1.29 is 18.0 Å². The van der Waals surface area contributed by atoms with Gasteiger partial charge in [-0.15, -0.1) is 28.5 Å². The average Bonchev–Trinajstić information content (AvgIpc) is 3.15. The Bertz CT molecular complexity index is 1100. The molecule has 0 fully saturated rings. The van der Waals surface area contributed by atoms with Crippen molar-refractivity contribution in [2.24, 2.45) is 0 Å². The predicted octanol–water partition coefficient (Wildman–Crippen LogP) is 6.30. The normalized spacial score (nSPS) is 11.4. The van der Waals surface area contributed by atoms with Gasteiger partial charge in [-0.05, 0) is 35.9 Å². The minimum atomic E-state index is -4.47. The zero-order chi connectivity index (χ0) is 23.8. The number of halogens is 4. The first-order valence-corrected chi connectivity index (χ1v) is 12.2. The standard InChI is InChI=1S/C22H20ClF3N4OS2/c1-2-10-30-19(13-32-12-15-6-8-17(23)9-7-15)28-29-21(30)33-14-20(31)27-18-5-3-4-16(11-18)22(24,25)26/h2-9,11H,1,10,12-14H2,(H,27,31). The Morgan fingerprint density at radius 2 is 1.91 bits per heavy atom. The summed E-state index contributed by atoms with van der Waals surface area (Å²) in [5.74, 6) is 1.67. The number of nitrogens with one attached hydrogen (secondary N) is 1. The molecule has 2 aromatic carbocycles.